The van der Waals surface area contributed by atoms with Crippen LogP contribution < -0.4 is 0 Å². The molecule has 2 aromatic rings. The first-order valence-electron chi connectivity index (χ1n) is 11.1. The number of carbonyl (C=O) groups is 2. The Morgan fingerprint density at radius 2 is 1.67 bits per heavy atom. The third kappa shape index (κ3) is 4.13. The van der Waals surface area contributed by atoms with Crippen molar-refractivity contribution >= 4 is 11.9 Å². The normalized spacial score (nSPS) is 21.3. The molecule has 2 aliphatic rings. The third-order valence-electron chi connectivity index (χ3n) is 6.42. The summed E-state index contributed by atoms with van der Waals surface area (Å²) in [5.41, 5.74) is 2.73. The summed E-state index contributed by atoms with van der Waals surface area (Å²) in [6, 6.07) is 8.34. The van der Waals surface area contributed by atoms with E-state index in [9.17, 15) is 9.59 Å². The molecule has 0 atom stereocenters. The van der Waals surface area contributed by atoms with E-state index in [1.807, 2.05) is 31.2 Å². The van der Waals surface area contributed by atoms with E-state index >= 15 is 0 Å². The van der Waals surface area contributed by atoms with Gasteiger partial charge in [0.05, 0.1) is 24.2 Å². The minimum Gasteiger partial charge on any atom is -0.462 e. The van der Waals surface area contributed by atoms with Crippen molar-refractivity contribution in [2.24, 2.45) is 5.92 Å². The lowest BCUT2D eigenvalue weighted by Gasteiger charge is -2.36. The van der Waals surface area contributed by atoms with E-state index < -0.39 is 0 Å². The van der Waals surface area contributed by atoms with Crippen molar-refractivity contribution in [2.45, 2.75) is 71.4 Å². The Hall–Kier alpha value is -2.63. The van der Waals surface area contributed by atoms with Gasteiger partial charge in [0, 0.05) is 17.6 Å². The zero-order chi connectivity index (χ0) is 21.3. The zero-order valence-corrected chi connectivity index (χ0v) is 18.1. The summed E-state index contributed by atoms with van der Waals surface area (Å²) in [6.07, 6.45) is 8.43. The molecule has 6 nitrogen and oxygen atoms in total. The van der Waals surface area contributed by atoms with Crippen molar-refractivity contribution in [1.82, 2.24) is 14.7 Å². The fourth-order valence-electron chi connectivity index (χ4n) is 4.48. The van der Waals surface area contributed by atoms with Crippen molar-refractivity contribution in [3.63, 3.8) is 0 Å². The van der Waals surface area contributed by atoms with Crippen LogP contribution in [0.1, 0.15) is 78.8 Å². The lowest BCUT2D eigenvalue weighted by molar-refractivity contribution is 0.0524. The summed E-state index contributed by atoms with van der Waals surface area (Å²) in [5, 5.41) is 4.34. The standard InChI is InChI=1S/C24H31N3O3/c1-4-30-24(29)22-15-25-27(17(22)3)21-11-7-18(8-12-21)23(28)26(20-13-14-20)19-9-5-16(2)6-10-19/h7-8,11-12,15-16,19-20H,4-6,9-10,13-14H2,1-3H3. The van der Waals surface area contributed by atoms with Gasteiger partial charge >= 0.3 is 5.97 Å². The number of carbonyl (C=O) groups excluding carboxylic acids is 2. The second-order valence-electron chi connectivity index (χ2n) is 8.68. The number of amides is 1. The van der Waals surface area contributed by atoms with Gasteiger partial charge in [0.2, 0.25) is 0 Å². The highest BCUT2D eigenvalue weighted by atomic mass is 16.5. The molecule has 0 bridgehead atoms. The van der Waals surface area contributed by atoms with Crippen LogP contribution in [0.25, 0.3) is 5.69 Å². The SMILES string of the molecule is CCOC(=O)c1cnn(-c2ccc(C(=O)N(C3CCC(C)CC3)C3CC3)cc2)c1C. The van der Waals surface area contributed by atoms with Gasteiger partial charge in [0.1, 0.15) is 5.56 Å². The average molecular weight is 410 g/mol. The summed E-state index contributed by atoms with van der Waals surface area (Å²) < 4.78 is 6.79. The first-order chi connectivity index (χ1) is 14.5. The molecule has 1 aromatic heterocycles. The number of esters is 1. The van der Waals surface area contributed by atoms with E-state index in [1.165, 1.54) is 19.0 Å². The smallest absolute Gasteiger partial charge is 0.341 e. The minimum absolute atomic E-state index is 0.146. The number of nitrogens with zero attached hydrogens (tertiary/aromatic N) is 3. The van der Waals surface area contributed by atoms with Crippen LogP contribution >= 0.6 is 0 Å². The zero-order valence-electron chi connectivity index (χ0n) is 18.1. The molecular formula is C24H31N3O3. The van der Waals surface area contributed by atoms with Crippen molar-refractivity contribution in [2.75, 3.05) is 6.61 Å². The highest BCUT2D eigenvalue weighted by Gasteiger charge is 2.38. The van der Waals surface area contributed by atoms with Crippen molar-refractivity contribution in [3.05, 3.63) is 47.3 Å². The Morgan fingerprint density at radius 1 is 1.07 bits per heavy atom. The Kier molecular flexibility index (Phi) is 5.93. The van der Waals surface area contributed by atoms with E-state index in [1.54, 1.807) is 11.6 Å². The van der Waals surface area contributed by atoms with Crippen LogP contribution in [0.3, 0.4) is 0 Å². The number of ether oxygens (including phenoxy) is 1. The predicted octanol–water partition coefficient (Wildman–Crippen LogP) is 4.54. The molecule has 0 unspecified atom stereocenters. The maximum Gasteiger partial charge on any atom is 0.341 e. The number of hydrogen-bond acceptors (Lipinski definition) is 4. The summed E-state index contributed by atoms with van der Waals surface area (Å²) >= 11 is 0. The van der Waals surface area contributed by atoms with Crippen LogP contribution in [0, 0.1) is 12.8 Å². The molecule has 1 heterocycles. The molecule has 0 aliphatic heterocycles. The quantitative estimate of drug-likeness (QED) is 0.657. The van der Waals surface area contributed by atoms with Crippen LogP contribution in [0.15, 0.2) is 30.5 Å². The highest BCUT2D eigenvalue weighted by molar-refractivity contribution is 5.95. The Balaban J connectivity index is 1.52. The fourth-order valence-corrected chi connectivity index (χ4v) is 4.48. The number of rotatable bonds is 6. The van der Waals surface area contributed by atoms with Gasteiger partial charge in [-0.2, -0.15) is 5.10 Å². The summed E-state index contributed by atoms with van der Waals surface area (Å²) in [6.45, 7) is 6.27. The molecule has 0 spiro atoms. The van der Waals surface area contributed by atoms with Crippen molar-refractivity contribution in [1.29, 1.82) is 0 Å². The van der Waals surface area contributed by atoms with Gasteiger partial charge in [-0.15, -0.1) is 0 Å². The Morgan fingerprint density at radius 3 is 2.23 bits per heavy atom. The van der Waals surface area contributed by atoms with E-state index in [4.69, 9.17) is 4.74 Å². The third-order valence-corrected chi connectivity index (χ3v) is 6.42. The second-order valence-corrected chi connectivity index (χ2v) is 8.68. The molecular weight excluding hydrogens is 378 g/mol. The van der Waals surface area contributed by atoms with Gasteiger partial charge in [0.15, 0.2) is 0 Å². The van der Waals surface area contributed by atoms with E-state index in [-0.39, 0.29) is 11.9 Å². The van der Waals surface area contributed by atoms with E-state index in [2.05, 4.69) is 16.9 Å². The summed E-state index contributed by atoms with van der Waals surface area (Å²) in [5.74, 6) is 0.552. The number of hydrogen-bond donors (Lipinski definition) is 0. The van der Waals surface area contributed by atoms with Gasteiger partial charge in [-0.05, 0) is 82.6 Å². The molecule has 0 N–H and O–H groups in total. The van der Waals surface area contributed by atoms with Gasteiger partial charge < -0.3 is 9.64 Å². The maximum absolute atomic E-state index is 13.3. The summed E-state index contributed by atoms with van der Waals surface area (Å²) in [7, 11) is 0. The van der Waals surface area contributed by atoms with Gasteiger partial charge in [-0.25, -0.2) is 9.48 Å². The lowest BCUT2D eigenvalue weighted by atomic mass is 9.86. The Labute approximate surface area is 178 Å². The molecule has 1 aromatic carbocycles. The van der Waals surface area contributed by atoms with Crippen LogP contribution in [0.2, 0.25) is 0 Å². The first-order valence-corrected chi connectivity index (χ1v) is 11.1. The summed E-state index contributed by atoms with van der Waals surface area (Å²) in [4.78, 5) is 27.5. The van der Waals surface area contributed by atoms with Gasteiger partial charge in [0.25, 0.3) is 5.91 Å². The number of aromatic nitrogens is 2. The van der Waals surface area contributed by atoms with Crippen LogP contribution in [0.5, 0.6) is 0 Å². The molecule has 2 fully saturated rings. The first kappa shape index (κ1) is 20.6. The largest absolute Gasteiger partial charge is 0.462 e. The highest BCUT2D eigenvalue weighted by Crippen LogP contribution is 2.36. The topological polar surface area (TPSA) is 64.4 Å². The molecule has 0 radical (unpaired) electrons. The van der Waals surface area contributed by atoms with E-state index in [0.29, 0.717) is 24.3 Å². The molecule has 30 heavy (non-hydrogen) atoms. The average Bonchev–Trinajstić information content (AvgIpc) is 3.50. The lowest BCUT2D eigenvalue weighted by Crippen LogP contribution is -2.43. The minimum atomic E-state index is -0.366. The predicted molar refractivity (Wildman–Crippen MR) is 115 cm³/mol. The van der Waals surface area contributed by atoms with Crippen LogP contribution in [-0.4, -0.2) is 45.2 Å². The maximum atomic E-state index is 13.3. The molecule has 2 saturated carbocycles. The van der Waals surface area contributed by atoms with E-state index in [0.717, 1.165) is 48.5 Å². The van der Waals surface area contributed by atoms with Gasteiger partial charge in [-0.1, -0.05) is 6.92 Å². The monoisotopic (exact) mass is 409 g/mol. The molecule has 160 valence electrons. The fraction of sp³-hybridized carbons (Fsp3) is 0.542. The van der Waals surface area contributed by atoms with Crippen molar-refractivity contribution in [3.8, 4) is 5.69 Å². The molecule has 0 saturated heterocycles. The molecule has 2 aliphatic carbocycles. The number of benzene rings is 1. The Bertz CT molecular complexity index is 906. The molecule has 4 rings (SSSR count). The van der Waals surface area contributed by atoms with Gasteiger partial charge in [-0.3, -0.25) is 4.79 Å². The molecule has 6 heteroatoms. The van der Waals surface area contributed by atoms with Crippen molar-refractivity contribution < 1.29 is 14.3 Å². The van der Waals surface area contributed by atoms with Crippen LogP contribution in [-0.2, 0) is 4.74 Å². The molecule has 1 amide bonds. The van der Waals surface area contributed by atoms with Crippen LogP contribution in [0.4, 0.5) is 0 Å². The second kappa shape index (κ2) is 8.62.